The topological polar surface area (TPSA) is 286 Å². The third-order valence-corrected chi connectivity index (χ3v) is 8.74. The van der Waals surface area contributed by atoms with E-state index in [1.54, 1.807) is 0 Å². The maximum atomic E-state index is 13.2. The van der Waals surface area contributed by atoms with Gasteiger partial charge in [-0.05, 0) is 78.9 Å². The number of anilines is 2. The van der Waals surface area contributed by atoms with E-state index in [1.807, 2.05) is 0 Å². The van der Waals surface area contributed by atoms with E-state index in [0.29, 0.717) is 0 Å². The number of primary amides is 1. The number of hydrogen-bond acceptors (Lipinski definition) is 13. The first-order valence-corrected chi connectivity index (χ1v) is 16.4. The second-order valence-electron chi connectivity index (χ2n) is 9.16. The van der Waals surface area contributed by atoms with E-state index in [-0.39, 0.29) is 28.1 Å². The van der Waals surface area contributed by atoms with Gasteiger partial charge in [-0.15, -0.1) is 0 Å². The molecule has 3 amide bonds. The van der Waals surface area contributed by atoms with Crippen LogP contribution in [0.4, 0.5) is 11.4 Å². The highest BCUT2D eigenvalue weighted by Crippen LogP contribution is 2.43. The first kappa shape index (κ1) is 40.4. The van der Waals surface area contributed by atoms with E-state index in [9.17, 15) is 65.4 Å². The van der Waals surface area contributed by atoms with Gasteiger partial charge < -0.3 is 66.6 Å². The van der Waals surface area contributed by atoms with E-state index in [4.69, 9.17) is 5.73 Å². The average Bonchev–Trinajstić information content (AvgIpc) is 2.94. The van der Waals surface area contributed by atoms with Crippen LogP contribution in [0.25, 0.3) is 0 Å². The van der Waals surface area contributed by atoms with Gasteiger partial charge in [0.25, 0.3) is 11.8 Å². The molecular weight excluding hydrogens is 919 g/mol. The molecule has 6 atom stereocenters. The van der Waals surface area contributed by atoms with Crippen molar-refractivity contribution >= 4 is 96.9 Å². The monoisotopic (exact) mass is 955 g/mol. The Balaban J connectivity index is 4.76. The molecule has 16 nitrogen and oxygen atoms in total. The number of nitrogens with two attached hydrogens (primary N) is 1. The zero-order valence-corrected chi connectivity index (χ0v) is 29.1. The maximum absolute atomic E-state index is 13.2. The highest BCUT2D eigenvalue weighted by molar-refractivity contribution is 14.1. The summed E-state index contributed by atoms with van der Waals surface area (Å²) in [6, 6.07) is 0. The molecule has 12 N–H and O–H groups in total. The lowest BCUT2D eigenvalue weighted by molar-refractivity contribution is -0.122. The van der Waals surface area contributed by atoms with E-state index >= 15 is 0 Å². The smallest absolute Gasteiger partial charge is 0.252 e. The lowest BCUT2D eigenvalue weighted by Crippen LogP contribution is -2.42. The summed E-state index contributed by atoms with van der Waals surface area (Å²) >= 11 is 4.44. The van der Waals surface area contributed by atoms with Crippen molar-refractivity contribution in [2.75, 3.05) is 49.3 Å². The van der Waals surface area contributed by atoms with E-state index in [0.717, 1.165) is 9.80 Å². The Bertz CT molecular complexity index is 1040. The standard InChI is InChI=1S/C24H36I3N3O13/c25-21(40)13(35)5-10-18(24(28)43)11(6-14(36)22(26)41)20(30(2-4-32)17(39)9-34)12(7-15(37)23(27)42)19(10)29(1-3-31)16(38)8-33/h13-15,21-23,31-37,40-42H,1-9H2,(H2,28,43). The Kier molecular flexibility index (Phi) is 18.0. The lowest BCUT2D eigenvalue weighted by Gasteiger charge is -2.36. The number of aliphatic hydroxyl groups is 10. The third kappa shape index (κ3) is 10.7. The van der Waals surface area contributed by atoms with Gasteiger partial charge in [0, 0.05) is 43.5 Å². The molecule has 0 saturated carbocycles. The second kappa shape index (κ2) is 19.2. The summed E-state index contributed by atoms with van der Waals surface area (Å²) in [7, 11) is 0. The first-order valence-electron chi connectivity index (χ1n) is 12.6. The molecule has 0 bridgehead atoms. The minimum atomic E-state index is -1.64. The summed E-state index contributed by atoms with van der Waals surface area (Å²) < 4.78 is -4.34. The van der Waals surface area contributed by atoms with Crippen LogP contribution in [0, 0.1) is 0 Å². The van der Waals surface area contributed by atoms with Crippen molar-refractivity contribution in [2.45, 2.75) is 49.9 Å². The minimum Gasteiger partial charge on any atom is -0.395 e. The molecule has 0 radical (unpaired) electrons. The fraction of sp³-hybridized carbons (Fsp3) is 0.625. The fourth-order valence-corrected chi connectivity index (χ4v) is 5.21. The Morgan fingerprint density at radius 2 is 0.907 bits per heavy atom. The average molecular weight is 955 g/mol. The number of carbonyl (C=O) groups is 3. The molecule has 1 aromatic carbocycles. The Morgan fingerprint density at radius 3 is 1.14 bits per heavy atom. The van der Waals surface area contributed by atoms with Gasteiger partial charge in [0.05, 0.1) is 42.9 Å². The molecule has 1 rings (SSSR count). The predicted molar refractivity (Wildman–Crippen MR) is 177 cm³/mol. The number of halogens is 3. The van der Waals surface area contributed by atoms with Gasteiger partial charge in [0.1, 0.15) is 25.5 Å². The molecule has 0 fully saturated rings. The van der Waals surface area contributed by atoms with E-state index in [2.05, 4.69) is 0 Å². The Labute approximate surface area is 287 Å². The number of hydrogen-bond donors (Lipinski definition) is 11. The molecule has 43 heavy (non-hydrogen) atoms. The van der Waals surface area contributed by atoms with Crippen LogP contribution in [0.15, 0.2) is 0 Å². The van der Waals surface area contributed by atoms with Crippen LogP contribution in [-0.2, 0) is 28.9 Å². The summed E-state index contributed by atoms with van der Waals surface area (Å²) in [5.41, 5.74) is 3.89. The Morgan fingerprint density at radius 1 is 0.605 bits per heavy atom. The van der Waals surface area contributed by atoms with Gasteiger partial charge in [0.2, 0.25) is 5.91 Å². The second-order valence-corrected chi connectivity index (χ2v) is 13.0. The molecule has 0 aliphatic rings. The van der Waals surface area contributed by atoms with Crippen LogP contribution >= 0.6 is 67.8 Å². The van der Waals surface area contributed by atoms with Gasteiger partial charge in [-0.2, -0.15) is 0 Å². The molecule has 19 heteroatoms. The van der Waals surface area contributed by atoms with Crippen molar-refractivity contribution in [3.8, 4) is 0 Å². The maximum Gasteiger partial charge on any atom is 0.252 e. The quantitative estimate of drug-likeness (QED) is 0.0502. The molecule has 246 valence electrons. The molecule has 0 aliphatic carbocycles. The fourth-order valence-electron chi connectivity index (χ4n) is 4.45. The van der Waals surface area contributed by atoms with Crippen LogP contribution < -0.4 is 15.5 Å². The summed E-state index contributed by atoms with van der Waals surface area (Å²) in [6.45, 7) is -4.76. The van der Waals surface area contributed by atoms with Crippen molar-refractivity contribution in [3.63, 3.8) is 0 Å². The molecule has 0 aromatic heterocycles. The highest BCUT2D eigenvalue weighted by atomic mass is 127. The number of alkyl halides is 3. The van der Waals surface area contributed by atoms with Crippen molar-refractivity contribution in [1.29, 1.82) is 0 Å². The summed E-state index contributed by atoms with van der Waals surface area (Å²) in [5.74, 6) is -3.33. The number of rotatable bonds is 18. The number of benzene rings is 1. The van der Waals surface area contributed by atoms with Crippen LogP contribution in [0.5, 0.6) is 0 Å². The van der Waals surface area contributed by atoms with Gasteiger partial charge in [-0.1, -0.05) is 0 Å². The number of aliphatic hydroxyl groups excluding tert-OH is 10. The van der Waals surface area contributed by atoms with E-state index < -0.39 is 113 Å². The lowest BCUT2D eigenvalue weighted by atomic mass is 9.84. The zero-order valence-electron chi connectivity index (χ0n) is 22.6. The minimum absolute atomic E-state index is 0.214. The molecule has 0 heterocycles. The van der Waals surface area contributed by atoms with Crippen molar-refractivity contribution in [2.24, 2.45) is 5.73 Å². The van der Waals surface area contributed by atoms with Gasteiger partial charge in [-0.25, -0.2) is 0 Å². The number of carbonyl (C=O) groups excluding carboxylic acids is 3. The Hall–Kier alpha value is -0.580. The molecule has 1 aromatic rings. The van der Waals surface area contributed by atoms with Crippen molar-refractivity contribution in [3.05, 3.63) is 22.3 Å². The van der Waals surface area contributed by atoms with Crippen LogP contribution in [0.3, 0.4) is 0 Å². The van der Waals surface area contributed by atoms with Crippen LogP contribution in [0.2, 0.25) is 0 Å². The van der Waals surface area contributed by atoms with Crippen molar-refractivity contribution in [1.82, 2.24) is 0 Å². The van der Waals surface area contributed by atoms with Gasteiger partial charge in [-0.3, -0.25) is 14.4 Å². The van der Waals surface area contributed by atoms with Crippen LogP contribution in [0.1, 0.15) is 27.0 Å². The summed E-state index contributed by atoms with van der Waals surface area (Å²) in [6.07, 6.45) is -6.73. The molecule has 0 spiro atoms. The first-order chi connectivity index (χ1) is 20.1. The van der Waals surface area contributed by atoms with E-state index in [1.165, 1.54) is 67.8 Å². The SMILES string of the molecule is NC(=O)c1c(CC(O)C(O)I)c(N(CCO)C(=O)CO)c(CC(O)C(O)I)c(N(CCO)C(=O)CO)c1CC(O)C(O)I. The predicted octanol–water partition coefficient (Wildman–Crippen LogP) is -3.61. The summed E-state index contributed by atoms with van der Waals surface area (Å²) in [5, 5.41) is 102. The highest BCUT2D eigenvalue weighted by Gasteiger charge is 2.37. The molecular formula is C24H36I3N3O13. The number of amides is 3. The zero-order chi connectivity index (χ0) is 33.2. The molecule has 0 saturated heterocycles. The van der Waals surface area contributed by atoms with Gasteiger partial charge in [0.15, 0.2) is 0 Å². The van der Waals surface area contributed by atoms with Crippen LogP contribution in [-0.4, -0.2) is 139 Å². The normalized spacial score (nSPS) is 15.7. The summed E-state index contributed by atoms with van der Waals surface area (Å²) in [4.78, 5) is 40.9. The molecule has 0 aliphatic heterocycles. The third-order valence-electron chi connectivity index (χ3n) is 6.25. The largest absolute Gasteiger partial charge is 0.395 e. The van der Waals surface area contributed by atoms with Gasteiger partial charge >= 0.3 is 0 Å². The molecule has 6 unspecified atom stereocenters. The number of nitrogens with zero attached hydrogens (tertiary/aromatic N) is 2. The van der Waals surface area contributed by atoms with Crippen molar-refractivity contribution < 1.29 is 65.4 Å².